The number of likely N-dealkylation sites (N-methyl/N-ethyl adjacent to an activating group) is 1. The number of rotatable bonds is 7. The van der Waals surface area contributed by atoms with Crippen LogP contribution in [-0.4, -0.2) is 63.7 Å². The minimum atomic E-state index is -4.52. The van der Waals surface area contributed by atoms with Crippen LogP contribution in [0.4, 0.5) is 24.7 Å². The van der Waals surface area contributed by atoms with Crippen LogP contribution < -0.4 is 11.1 Å². The number of nitrogens with two attached hydrogens (primary N) is 1. The number of hydrogen-bond donors (Lipinski definition) is 2. The van der Waals surface area contributed by atoms with Crippen LogP contribution in [0.25, 0.3) is 16.8 Å². The minimum Gasteiger partial charge on any atom is -0.382 e. The van der Waals surface area contributed by atoms with E-state index in [0.717, 1.165) is 35.8 Å². The number of halogens is 3. The number of benzene rings is 2. The van der Waals surface area contributed by atoms with Crippen molar-refractivity contribution in [2.75, 3.05) is 44.3 Å². The summed E-state index contributed by atoms with van der Waals surface area (Å²) in [5.41, 5.74) is 8.69. The number of alkyl halides is 3. The molecule has 3 N–H and O–H groups in total. The summed E-state index contributed by atoms with van der Waals surface area (Å²) in [6.07, 6.45) is 0.656. The number of nitrogens with zero attached hydrogens (tertiary/aromatic N) is 5. The van der Waals surface area contributed by atoms with Crippen molar-refractivity contribution in [1.29, 1.82) is 0 Å². The highest BCUT2D eigenvalue weighted by atomic mass is 19.4. The lowest BCUT2D eigenvalue weighted by Gasteiger charge is -2.33. The predicted molar refractivity (Wildman–Crippen MR) is 148 cm³/mol. The van der Waals surface area contributed by atoms with Gasteiger partial charge in [-0.05, 0) is 48.0 Å². The largest absolute Gasteiger partial charge is 0.416 e. The number of amides is 1. The lowest BCUT2D eigenvalue weighted by atomic mass is 10.0. The van der Waals surface area contributed by atoms with E-state index >= 15 is 0 Å². The third-order valence-corrected chi connectivity index (χ3v) is 6.99. The first-order valence-electron chi connectivity index (χ1n) is 12.9. The van der Waals surface area contributed by atoms with Gasteiger partial charge in [0.05, 0.1) is 18.2 Å². The number of carbonyl (C=O) groups excluding carboxylic acids is 1. The summed E-state index contributed by atoms with van der Waals surface area (Å²) >= 11 is 0. The van der Waals surface area contributed by atoms with Gasteiger partial charge < -0.3 is 16.0 Å². The minimum absolute atomic E-state index is 0.0240. The Hall–Kier alpha value is -4.22. The van der Waals surface area contributed by atoms with Gasteiger partial charge in [-0.25, -0.2) is 9.67 Å². The van der Waals surface area contributed by atoms with Gasteiger partial charge in [-0.2, -0.15) is 18.3 Å². The van der Waals surface area contributed by atoms with Crippen LogP contribution in [-0.2, 0) is 23.9 Å². The lowest BCUT2D eigenvalue weighted by Crippen LogP contribution is -2.44. The average Bonchev–Trinajstić information content (AvgIpc) is 3.41. The molecular weight excluding hydrogens is 519 g/mol. The van der Waals surface area contributed by atoms with E-state index in [-0.39, 0.29) is 24.2 Å². The molecule has 0 aliphatic carbocycles. The van der Waals surface area contributed by atoms with Crippen LogP contribution in [0.5, 0.6) is 0 Å². The van der Waals surface area contributed by atoms with Gasteiger partial charge >= 0.3 is 6.18 Å². The van der Waals surface area contributed by atoms with Crippen LogP contribution in [0.15, 0.2) is 73.2 Å². The second-order valence-electron chi connectivity index (χ2n) is 9.95. The number of anilines is 2. The zero-order valence-corrected chi connectivity index (χ0v) is 22.0. The average molecular weight is 550 g/mol. The zero-order chi connectivity index (χ0) is 28.3. The third-order valence-electron chi connectivity index (χ3n) is 6.99. The highest BCUT2D eigenvalue weighted by molar-refractivity contribution is 5.92. The molecule has 40 heavy (non-hydrogen) atoms. The van der Waals surface area contributed by atoms with E-state index in [4.69, 9.17) is 5.73 Å². The summed E-state index contributed by atoms with van der Waals surface area (Å²) in [6, 6.07) is 15.0. The molecule has 3 heterocycles. The molecule has 0 bridgehead atoms. The first kappa shape index (κ1) is 27.4. The number of nitrogen functional groups attached to an aromatic ring is 1. The van der Waals surface area contributed by atoms with E-state index in [1.54, 1.807) is 23.1 Å². The fraction of sp³-hybridized carbons (Fsp3) is 0.276. The lowest BCUT2D eigenvalue weighted by molar-refractivity contribution is -0.138. The number of hydrogen-bond acceptors (Lipinski definition) is 6. The molecule has 1 amide bonds. The van der Waals surface area contributed by atoms with Crippen molar-refractivity contribution < 1.29 is 18.0 Å². The summed E-state index contributed by atoms with van der Waals surface area (Å²) in [7, 11) is 2.00. The Balaban J connectivity index is 1.23. The number of pyridine rings is 1. The van der Waals surface area contributed by atoms with E-state index in [2.05, 4.69) is 20.3 Å². The molecule has 0 spiro atoms. The summed E-state index contributed by atoms with van der Waals surface area (Å²) in [5.74, 6) is -0.0295. The van der Waals surface area contributed by atoms with Crippen molar-refractivity contribution in [2.24, 2.45) is 0 Å². The van der Waals surface area contributed by atoms with Gasteiger partial charge in [-0.15, -0.1) is 0 Å². The van der Waals surface area contributed by atoms with E-state index in [1.807, 2.05) is 48.5 Å². The Morgan fingerprint density at radius 2 is 1.77 bits per heavy atom. The van der Waals surface area contributed by atoms with Crippen molar-refractivity contribution in [3.63, 3.8) is 0 Å². The quantitative estimate of drug-likeness (QED) is 0.354. The molecule has 1 fully saturated rings. The molecule has 208 valence electrons. The smallest absolute Gasteiger partial charge is 0.382 e. The molecule has 0 saturated carbocycles. The third kappa shape index (κ3) is 6.49. The van der Waals surface area contributed by atoms with Crippen molar-refractivity contribution >= 4 is 17.4 Å². The van der Waals surface area contributed by atoms with Gasteiger partial charge in [0.15, 0.2) is 0 Å². The molecule has 0 unspecified atom stereocenters. The summed E-state index contributed by atoms with van der Waals surface area (Å²) in [4.78, 5) is 20.9. The fourth-order valence-electron chi connectivity index (χ4n) is 4.71. The van der Waals surface area contributed by atoms with Gasteiger partial charge in [0.1, 0.15) is 11.5 Å². The molecular formula is C29H30F3N7O. The molecule has 4 aromatic rings. The molecule has 0 radical (unpaired) electrons. The molecule has 1 aliphatic heterocycles. The number of aromatic nitrogens is 3. The molecule has 8 nitrogen and oxygen atoms in total. The Bertz CT molecular complexity index is 1480. The second-order valence-corrected chi connectivity index (χ2v) is 9.95. The molecule has 1 saturated heterocycles. The van der Waals surface area contributed by atoms with Gasteiger partial charge in [0, 0.05) is 56.4 Å². The van der Waals surface area contributed by atoms with Gasteiger partial charge in [0.2, 0.25) is 5.91 Å². The first-order valence-corrected chi connectivity index (χ1v) is 12.9. The highest BCUT2D eigenvalue weighted by Crippen LogP contribution is 2.34. The maximum Gasteiger partial charge on any atom is 0.416 e. The predicted octanol–water partition coefficient (Wildman–Crippen LogP) is 4.46. The van der Waals surface area contributed by atoms with E-state index < -0.39 is 17.6 Å². The van der Waals surface area contributed by atoms with E-state index in [9.17, 15) is 18.0 Å². The Kier molecular flexibility index (Phi) is 7.85. The van der Waals surface area contributed by atoms with Crippen LogP contribution in [0, 0.1) is 0 Å². The van der Waals surface area contributed by atoms with Gasteiger partial charge in [0.25, 0.3) is 0 Å². The molecule has 1 aliphatic rings. The van der Waals surface area contributed by atoms with Crippen molar-refractivity contribution in [2.45, 2.75) is 19.1 Å². The van der Waals surface area contributed by atoms with Crippen molar-refractivity contribution in [3.8, 4) is 16.8 Å². The molecule has 11 heteroatoms. The number of nitrogens with one attached hydrogen (secondary N) is 1. The van der Waals surface area contributed by atoms with Crippen LogP contribution in [0.2, 0.25) is 0 Å². The standard InChI is InChI=1S/C29H30F3N7O/c1-37-11-13-38(14-12-37)18-22-8-9-24(16-25(22)29(30,31)32)36-27(40)15-20-4-6-21(7-5-20)23-17-35-39(19-23)26-3-2-10-34-28(26)33/h2-10,16-17,19H,11-15,18H2,1H3,(H2,33,34)(H,36,40). The van der Waals surface area contributed by atoms with Crippen molar-refractivity contribution in [1.82, 2.24) is 24.6 Å². The van der Waals surface area contributed by atoms with Crippen molar-refractivity contribution in [3.05, 3.63) is 89.9 Å². The monoisotopic (exact) mass is 549 g/mol. The Morgan fingerprint density at radius 3 is 2.48 bits per heavy atom. The van der Waals surface area contributed by atoms with Gasteiger partial charge in [-0.1, -0.05) is 30.3 Å². The SMILES string of the molecule is CN1CCN(Cc2ccc(NC(=O)Cc3ccc(-c4cnn(-c5cccnc5N)c4)cc3)cc2C(F)(F)F)CC1. The number of carbonyl (C=O) groups is 1. The number of piperazine rings is 1. The molecule has 2 aromatic carbocycles. The van der Waals surface area contributed by atoms with Gasteiger partial charge in [-0.3, -0.25) is 9.69 Å². The maximum absolute atomic E-state index is 13.9. The summed E-state index contributed by atoms with van der Waals surface area (Å²) < 4.78 is 43.3. The van der Waals surface area contributed by atoms with Crippen LogP contribution in [0.3, 0.4) is 0 Å². The van der Waals surface area contributed by atoms with E-state index in [0.29, 0.717) is 24.6 Å². The maximum atomic E-state index is 13.9. The molecule has 0 atom stereocenters. The Labute approximate surface area is 230 Å². The molecule has 5 rings (SSSR count). The van der Waals surface area contributed by atoms with Crippen LogP contribution in [0.1, 0.15) is 16.7 Å². The van der Waals surface area contributed by atoms with Crippen LogP contribution >= 0.6 is 0 Å². The summed E-state index contributed by atoms with van der Waals surface area (Å²) in [5, 5.41) is 6.98. The Morgan fingerprint density at radius 1 is 1.02 bits per heavy atom. The van der Waals surface area contributed by atoms with E-state index in [1.165, 1.54) is 12.1 Å². The summed E-state index contributed by atoms with van der Waals surface area (Å²) in [6.45, 7) is 3.29. The second kappa shape index (κ2) is 11.5. The molecule has 2 aromatic heterocycles. The fourth-order valence-corrected chi connectivity index (χ4v) is 4.71. The normalized spacial score (nSPS) is 14.8. The topological polar surface area (TPSA) is 92.3 Å². The first-order chi connectivity index (χ1) is 19.2. The zero-order valence-electron chi connectivity index (χ0n) is 22.0. The highest BCUT2D eigenvalue weighted by Gasteiger charge is 2.34.